The van der Waals surface area contributed by atoms with Crippen molar-refractivity contribution in [2.24, 2.45) is 5.73 Å². The van der Waals surface area contributed by atoms with Gasteiger partial charge in [-0.2, -0.15) is 0 Å². The zero-order valence-electron chi connectivity index (χ0n) is 28.1. The van der Waals surface area contributed by atoms with E-state index in [-0.39, 0.29) is 37.0 Å². The Hall–Kier alpha value is -5.46. The van der Waals surface area contributed by atoms with Crippen molar-refractivity contribution in [1.82, 2.24) is 21.3 Å². The van der Waals surface area contributed by atoms with Gasteiger partial charge in [-0.1, -0.05) is 73.9 Å². The summed E-state index contributed by atoms with van der Waals surface area (Å²) in [5.41, 5.74) is 5.81. The van der Waals surface area contributed by atoms with Gasteiger partial charge in [-0.3, -0.25) is 28.8 Å². The van der Waals surface area contributed by atoms with Gasteiger partial charge in [-0.25, -0.2) is 0 Å². The predicted octanol–water partition coefficient (Wildman–Crippen LogP) is 2.15. The van der Waals surface area contributed by atoms with Gasteiger partial charge >= 0.3 is 5.97 Å². The van der Waals surface area contributed by atoms with E-state index in [1.807, 2.05) is 42.5 Å². The fourth-order valence-corrected chi connectivity index (χ4v) is 6.46. The predicted molar refractivity (Wildman–Crippen MR) is 186 cm³/mol. The standard InChI is InChI=1S/C37H45N5O8/c1-23(43)40-29(19-24-14-15-27(21-33(46)47)31(44)20-24)35(49)42-37(16-5-2-6-17-37)36(50)41-30(22-32(38)45)34(48)39-18-8-12-26-11-7-10-25-9-3-4-13-28(25)26/h3-4,7,9-11,13-15,20,29-30,44H,2,5-6,8,12,16-19,21-22H2,1H3,(H2,38,45)(H,39,48)(H,40,43)(H,41,50)(H,42,49)(H,46,47)/t29-,30-/m0/s1. The molecular formula is C37H45N5O8. The Morgan fingerprint density at radius 3 is 2.26 bits per heavy atom. The first-order chi connectivity index (χ1) is 23.9. The molecule has 13 nitrogen and oxygen atoms in total. The molecule has 0 aliphatic heterocycles. The maximum absolute atomic E-state index is 13.9. The number of primary amides is 1. The fraction of sp³-hybridized carbons (Fsp3) is 0.405. The van der Waals surface area contributed by atoms with Crippen LogP contribution in [-0.4, -0.2) is 69.9 Å². The van der Waals surface area contributed by atoms with Crippen molar-refractivity contribution in [3.8, 4) is 5.75 Å². The van der Waals surface area contributed by atoms with Gasteiger partial charge in [-0.05, 0) is 53.6 Å². The van der Waals surface area contributed by atoms with Gasteiger partial charge in [0.1, 0.15) is 23.4 Å². The second-order valence-corrected chi connectivity index (χ2v) is 12.9. The SMILES string of the molecule is CC(=O)N[C@@H](Cc1ccc(CC(=O)O)c(O)c1)C(=O)NC1(C(=O)N[C@@H](CC(N)=O)C(=O)NCCCc2cccc3ccccc23)CCCCC1. The highest BCUT2D eigenvalue weighted by Gasteiger charge is 2.43. The second kappa shape index (κ2) is 17.3. The molecule has 13 heteroatoms. The summed E-state index contributed by atoms with van der Waals surface area (Å²) in [5.74, 6) is -4.54. The number of nitrogens with two attached hydrogens (primary N) is 1. The number of carboxylic acid groups (broad SMARTS) is 1. The molecule has 3 aromatic rings. The van der Waals surface area contributed by atoms with E-state index in [9.17, 15) is 33.9 Å². The number of benzene rings is 3. The highest BCUT2D eigenvalue weighted by Crippen LogP contribution is 2.29. The molecular weight excluding hydrogens is 642 g/mol. The van der Waals surface area contributed by atoms with E-state index in [4.69, 9.17) is 10.8 Å². The fourth-order valence-electron chi connectivity index (χ4n) is 6.46. The van der Waals surface area contributed by atoms with Crippen molar-refractivity contribution in [2.75, 3.05) is 6.54 Å². The largest absolute Gasteiger partial charge is 0.508 e. The molecule has 2 atom stereocenters. The third kappa shape index (κ3) is 10.3. The minimum Gasteiger partial charge on any atom is -0.508 e. The molecule has 0 saturated heterocycles. The van der Waals surface area contributed by atoms with E-state index < -0.39 is 59.5 Å². The molecule has 0 radical (unpaired) electrons. The molecule has 4 rings (SSSR count). The van der Waals surface area contributed by atoms with E-state index in [1.54, 1.807) is 6.07 Å². The zero-order chi connectivity index (χ0) is 36.3. The van der Waals surface area contributed by atoms with Crippen molar-refractivity contribution in [3.63, 3.8) is 0 Å². The van der Waals surface area contributed by atoms with Gasteiger partial charge in [-0.15, -0.1) is 0 Å². The van der Waals surface area contributed by atoms with Crippen LogP contribution in [0.2, 0.25) is 0 Å². The summed E-state index contributed by atoms with van der Waals surface area (Å²) in [7, 11) is 0. The molecule has 0 bridgehead atoms. The second-order valence-electron chi connectivity index (χ2n) is 12.9. The summed E-state index contributed by atoms with van der Waals surface area (Å²) in [6.45, 7) is 1.53. The molecule has 1 aliphatic rings. The maximum atomic E-state index is 13.9. The Morgan fingerprint density at radius 2 is 1.58 bits per heavy atom. The Balaban J connectivity index is 1.44. The number of carbonyl (C=O) groups excluding carboxylic acids is 5. The smallest absolute Gasteiger partial charge is 0.307 e. The summed E-state index contributed by atoms with van der Waals surface area (Å²) < 4.78 is 0. The molecule has 0 unspecified atom stereocenters. The molecule has 266 valence electrons. The molecule has 0 spiro atoms. The van der Waals surface area contributed by atoms with E-state index in [1.165, 1.54) is 19.1 Å². The first-order valence-electron chi connectivity index (χ1n) is 16.8. The number of phenolic OH excluding ortho intramolecular Hbond substituents is 1. The molecule has 1 saturated carbocycles. The van der Waals surface area contributed by atoms with Crippen LogP contribution in [-0.2, 0) is 48.0 Å². The van der Waals surface area contributed by atoms with Crippen LogP contribution in [0.25, 0.3) is 10.8 Å². The Labute approximate surface area is 290 Å². The molecule has 0 heterocycles. The number of aromatic hydroxyl groups is 1. The number of fused-ring (bicyclic) bond motifs is 1. The van der Waals surface area contributed by atoms with Crippen molar-refractivity contribution in [3.05, 3.63) is 77.4 Å². The summed E-state index contributed by atoms with van der Waals surface area (Å²) in [5, 5.41) is 32.5. The number of hydrogen-bond acceptors (Lipinski definition) is 7. The van der Waals surface area contributed by atoms with Crippen LogP contribution in [0.4, 0.5) is 0 Å². The van der Waals surface area contributed by atoms with Crippen LogP contribution in [0, 0.1) is 0 Å². The lowest BCUT2D eigenvalue weighted by molar-refractivity contribution is -0.139. The van der Waals surface area contributed by atoms with Gasteiger partial charge in [0.25, 0.3) is 0 Å². The molecule has 8 N–H and O–H groups in total. The number of rotatable bonds is 16. The Kier molecular flexibility index (Phi) is 12.9. The third-order valence-electron chi connectivity index (χ3n) is 8.96. The topological polar surface area (TPSA) is 217 Å². The van der Waals surface area contributed by atoms with Crippen molar-refractivity contribution >= 4 is 46.3 Å². The average Bonchev–Trinajstić information content (AvgIpc) is 3.07. The molecule has 0 aromatic heterocycles. The molecule has 5 amide bonds. The third-order valence-corrected chi connectivity index (χ3v) is 8.96. The van der Waals surface area contributed by atoms with Crippen molar-refractivity contribution in [2.45, 2.75) is 88.8 Å². The van der Waals surface area contributed by atoms with Crippen LogP contribution in [0.3, 0.4) is 0 Å². The van der Waals surface area contributed by atoms with E-state index in [0.29, 0.717) is 37.8 Å². The lowest BCUT2D eigenvalue weighted by atomic mass is 9.80. The summed E-state index contributed by atoms with van der Waals surface area (Å²) >= 11 is 0. The van der Waals surface area contributed by atoms with Crippen LogP contribution in [0.15, 0.2) is 60.7 Å². The number of aliphatic carboxylic acids is 1. The minimum atomic E-state index is -1.43. The van der Waals surface area contributed by atoms with Gasteiger partial charge in [0.05, 0.1) is 12.8 Å². The number of carbonyl (C=O) groups is 6. The van der Waals surface area contributed by atoms with Crippen LogP contribution >= 0.6 is 0 Å². The number of amides is 5. The van der Waals surface area contributed by atoms with E-state index in [0.717, 1.165) is 22.8 Å². The highest BCUT2D eigenvalue weighted by atomic mass is 16.4. The summed E-state index contributed by atoms with van der Waals surface area (Å²) in [6.07, 6.45) is 2.98. The molecule has 3 aromatic carbocycles. The number of hydrogen-bond donors (Lipinski definition) is 7. The molecule has 1 fully saturated rings. The minimum absolute atomic E-state index is 0.0600. The summed E-state index contributed by atoms with van der Waals surface area (Å²) in [6, 6.07) is 16.0. The van der Waals surface area contributed by atoms with E-state index in [2.05, 4.69) is 21.3 Å². The van der Waals surface area contributed by atoms with Crippen LogP contribution in [0.1, 0.15) is 68.6 Å². The Morgan fingerprint density at radius 1 is 0.860 bits per heavy atom. The van der Waals surface area contributed by atoms with Crippen LogP contribution < -0.4 is 27.0 Å². The number of phenols is 1. The number of aryl methyl sites for hydroxylation is 1. The number of nitrogens with one attached hydrogen (secondary N) is 4. The van der Waals surface area contributed by atoms with Crippen molar-refractivity contribution in [1.29, 1.82) is 0 Å². The highest BCUT2D eigenvalue weighted by molar-refractivity contribution is 5.98. The average molecular weight is 688 g/mol. The zero-order valence-corrected chi connectivity index (χ0v) is 28.1. The normalized spacial score (nSPS) is 14.9. The van der Waals surface area contributed by atoms with Gasteiger partial charge in [0.2, 0.25) is 29.5 Å². The lowest BCUT2D eigenvalue weighted by Gasteiger charge is -2.38. The van der Waals surface area contributed by atoms with E-state index >= 15 is 0 Å². The van der Waals surface area contributed by atoms with Gasteiger partial charge < -0.3 is 37.2 Å². The summed E-state index contributed by atoms with van der Waals surface area (Å²) in [4.78, 5) is 76.1. The van der Waals surface area contributed by atoms with Crippen LogP contribution in [0.5, 0.6) is 5.75 Å². The first kappa shape index (κ1) is 37.4. The van der Waals surface area contributed by atoms with Gasteiger partial charge in [0.15, 0.2) is 0 Å². The molecule has 50 heavy (non-hydrogen) atoms. The quantitative estimate of drug-likeness (QED) is 0.110. The first-order valence-corrected chi connectivity index (χ1v) is 16.8. The van der Waals surface area contributed by atoms with Crippen molar-refractivity contribution < 1.29 is 39.0 Å². The van der Waals surface area contributed by atoms with Gasteiger partial charge in [0, 0.05) is 25.5 Å². The molecule has 1 aliphatic carbocycles. The maximum Gasteiger partial charge on any atom is 0.307 e. The number of carboxylic acids is 1. The monoisotopic (exact) mass is 687 g/mol. The lowest BCUT2D eigenvalue weighted by Crippen LogP contribution is -2.65. The Bertz CT molecular complexity index is 1730.